The molecule has 0 fully saturated rings. The predicted octanol–water partition coefficient (Wildman–Crippen LogP) is 4.03. The summed E-state index contributed by atoms with van der Waals surface area (Å²) >= 11 is 1.75. The van der Waals surface area contributed by atoms with Crippen molar-refractivity contribution >= 4 is 18.0 Å². The monoisotopic (exact) mass is 241 g/mol. The number of thioether (sulfide) groups is 1. The van der Waals surface area contributed by atoms with Crippen LogP contribution in [0, 0.1) is 0 Å². The lowest BCUT2D eigenvalue weighted by atomic mass is 10.2. The molecule has 0 aliphatic heterocycles. The highest BCUT2D eigenvalue weighted by Crippen LogP contribution is 2.14. The van der Waals surface area contributed by atoms with Crippen LogP contribution < -0.4 is 0 Å². The largest absolute Gasteiger partial charge is 0.288 e. The molecule has 0 saturated carbocycles. The summed E-state index contributed by atoms with van der Waals surface area (Å²) in [6, 6.07) is 18.7. The first kappa shape index (κ1) is 11.9. The molecule has 2 aromatic carbocycles. The van der Waals surface area contributed by atoms with Gasteiger partial charge in [0.15, 0.2) is 0 Å². The molecular formula is C15H15NS. The first-order valence-electron chi connectivity index (χ1n) is 5.56. The van der Waals surface area contributed by atoms with Crippen LogP contribution in [-0.2, 0) is 6.54 Å². The maximum absolute atomic E-state index is 4.44. The molecule has 2 rings (SSSR count). The van der Waals surface area contributed by atoms with Gasteiger partial charge in [-0.25, -0.2) is 0 Å². The minimum Gasteiger partial charge on any atom is -0.288 e. The molecule has 0 bridgehead atoms. The summed E-state index contributed by atoms with van der Waals surface area (Å²) in [7, 11) is 0. The molecule has 0 radical (unpaired) electrons. The Bertz CT molecular complexity index is 474. The van der Waals surface area contributed by atoms with E-state index >= 15 is 0 Å². The van der Waals surface area contributed by atoms with E-state index in [1.165, 1.54) is 10.5 Å². The van der Waals surface area contributed by atoms with Gasteiger partial charge in [-0.1, -0.05) is 42.5 Å². The van der Waals surface area contributed by atoms with E-state index in [1.807, 2.05) is 24.4 Å². The van der Waals surface area contributed by atoms with Gasteiger partial charge in [-0.2, -0.15) is 0 Å². The van der Waals surface area contributed by atoms with Gasteiger partial charge in [0.2, 0.25) is 0 Å². The van der Waals surface area contributed by atoms with Gasteiger partial charge in [-0.05, 0) is 29.5 Å². The molecule has 0 aromatic heterocycles. The van der Waals surface area contributed by atoms with Crippen LogP contribution in [0.4, 0.5) is 0 Å². The Morgan fingerprint density at radius 2 is 1.71 bits per heavy atom. The lowest BCUT2D eigenvalue weighted by Crippen LogP contribution is -1.84. The fourth-order valence-electron chi connectivity index (χ4n) is 1.53. The van der Waals surface area contributed by atoms with Gasteiger partial charge in [0.25, 0.3) is 0 Å². The lowest BCUT2D eigenvalue weighted by Gasteiger charge is -1.97. The standard InChI is InChI=1S/C15H15NS/c1-17-15-9-7-14(8-10-15)12-16-11-13-5-3-2-4-6-13/h2-10,12H,11H2,1H3. The van der Waals surface area contributed by atoms with Crippen LogP contribution in [0.2, 0.25) is 0 Å². The molecule has 0 N–H and O–H groups in total. The second-order valence-electron chi connectivity index (χ2n) is 3.73. The van der Waals surface area contributed by atoms with Crippen LogP contribution in [0.3, 0.4) is 0 Å². The number of nitrogens with zero attached hydrogens (tertiary/aromatic N) is 1. The average molecular weight is 241 g/mol. The highest BCUT2D eigenvalue weighted by molar-refractivity contribution is 7.98. The summed E-state index contributed by atoms with van der Waals surface area (Å²) in [5.74, 6) is 0. The van der Waals surface area contributed by atoms with Gasteiger partial charge < -0.3 is 0 Å². The van der Waals surface area contributed by atoms with Crippen LogP contribution in [-0.4, -0.2) is 12.5 Å². The molecule has 0 atom stereocenters. The Morgan fingerprint density at radius 1 is 1.00 bits per heavy atom. The second kappa shape index (κ2) is 6.26. The van der Waals surface area contributed by atoms with Crippen LogP contribution in [0.25, 0.3) is 0 Å². The third-order valence-corrected chi connectivity index (χ3v) is 3.22. The predicted molar refractivity (Wildman–Crippen MR) is 76.0 cm³/mol. The van der Waals surface area contributed by atoms with Crippen LogP contribution in [0.5, 0.6) is 0 Å². The number of aliphatic imine (C=N–C) groups is 1. The van der Waals surface area contributed by atoms with E-state index in [2.05, 4.69) is 47.6 Å². The molecule has 0 heterocycles. The Balaban J connectivity index is 1.96. The van der Waals surface area contributed by atoms with Crippen molar-refractivity contribution in [1.82, 2.24) is 0 Å². The summed E-state index contributed by atoms with van der Waals surface area (Å²) in [4.78, 5) is 5.72. The average Bonchev–Trinajstić information content (AvgIpc) is 2.41. The molecule has 0 saturated heterocycles. The first-order valence-corrected chi connectivity index (χ1v) is 6.79. The first-order chi connectivity index (χ1) is 8.38. The molecule has 0 amide bonds. The lowest BCUT2D eigenvalue weighted by molar-refractivity contribution is 1.08. The zero-order valence-electron chi connectivity index (χ0n) is 9.84. The Labute approximate surface area is 107 Å². The number of hydrogen-bond donors (Lipinski definition) is 0. The van der Waals surface area contributed by atoms with E-state index in [4.69, 9.17) is 0 Å². The minimum atomic E-state index is 0.741. The number of hydrogen-bond acceptors (Lipinski definition) is 2. The van der Waals surface area contributed by atoms with Crippen molar-refractivity contribution in [3.63, 3.8) is 0 Å². The van der Waals surface area contributed by atoms with Crippen molar-refractivity contribution in [3.8, 4) is 0 Å². The van der Waals surface area contributed by atoms with Crippen molar-refractivity contribution < 1.29 is 0 Å². The smallest absolute Gasteiger partial charge is 0.0639 e. The quantitative estimate of drug-likeness (QED) is 0.581. The van der Waals surface area contributed by atoms with Gasteiger partial charge in [0, 0.05) is 11.1 Å². The van der Waals surface area contributed by atoms with E-state index in [0.29, 0.717) is 0 Å². The van der Waals surface area contributed by atoms with Crippen LogP contribution in [0.1, 0.15) is 11.1 Å². The SMILES string of the molecule is CSc1ccc(C=NCc2ccccc2)cc1. The zero-order valence-corrected chi connectivity index (χ0v) is 10.7. The van der Waals surface area contributed by atoms with E-state index < -0.39 is 0 Å². The summed E-state index contributed by atoms with van der Waals surface area (Å²) in [6.45, 7) is 0.741. The number of rotatable bonds is 4. The minimum absolute atomic E-state index is 0.741. The van der Waals surface area contributed by atoms with Gasteiger partial charge in [-0.3, -0.25) is 4.99 Å². The van der Waals surface area contributed by atoms with Crippen molar-refractivity contribution in [2.24, 2.45) is 4.99 Å². The van der Waals surface area contributed by atoms with Gasteiger partial charge in [0.05, 0.1) is 6.54 Å². The fourth-order valence-corrected chi connectivity index (χ4v) is 1.94. The third-order valence-electron chi connectivity index (χ3n) is 2.47. The van der Waals surface area contributed by atoms with Crippen LogP contribution >= 0.6 is 11.8 Å². The maximum atomic E-state index is 4.44. The highest BCUT2D eigenvalue weighted by Gasteiger charge is 1.90. The van der Waals surface area contributed by atoms with E-state index in [1.54, 1.807) is 11.8 Å². The Morgan fingerprint density at radius 3 is 2.35 bits per heavy atom. The molecule has 0 aliphatic carbocycles. The zero-order chi connectivity index (χ0) is 11.9. The van der Waals surface area contributed by atoms with Crippen molar-refractivity contribution in [1.29, 1.82) is 0 Å². The van der Waals surface area contributed by atoms with E-state index in [-0.39, 0.29) is 0 Å². The highest BCUT2D eigenvalue weighted by atomic mass is 32.2. The van der Waals surface area contributed by atoms with Crippen molar-refractivity contribution in [3.05, 3.63) is 65.7 Å². The van der Waals surface area contributed by atoms with E-state index in [0.717, 1.165) is 12.1 Å². The third kappa shape index (κ3) is 3.75. The Hall–Kier alpha value is -1.54. The fraction of sp³-hybridized carbons (Fsp3) is 0.133. The molecule has 86 valence electrons. The second-order valence-corrected chi connectivity index (χ2v) is 4.61. The van der Waals surface area contributed by atoms with Gasteiger partial charge >= 0.3 is 0 Å². The van der Waals surface area contributed by atoms with Gasteiger partial charge in [-0.15, -0.1) is 11.8 Å². The molecule has 1 nitrogen and oxygen atoms in total. The van der Waals surface area contributed by atoms with Crippen molar-refractivity contribution in [2.75, 3.05) is 6.26 Å². The van der Waals surface area contributed by atoms with Crippen molar-refractivity contribution in [2.45, 2.75) is 11.4 Å². The maximum Gasteiger partial charge on any atom is 0.0639 e. The Kier molecular flexibility index (Phi) is 4.39. The topological polar surface area (TPSA) is 12.4 Å². The summed E-state index contributed by atoms with van der Waals surface area (Å²) in [5.41, 5.74) is 2.39. The molecule has 2 aromatic rings. The number of benzene rings is 2. The van der Waals surface area contributed by atoms with Gasteiger partial charge in [0.1, 0.15) is 0 Å². The molecule has 0 unspecified atom stereocenters. The molecule has 17 heavy (non-hydrogen) atoms. The normalized spacial score (nSPS) is 10.9. The summed E-state index contributed by atoms with van der Waals surface area (Å²) < 4.78 is 0. The molecule has 0 aliphatic rings. The van der Waals surface area contributed by atoms with E-state index in [9.17, 15) is 0 Å². The van der Waals surface area contributed by atoms with Crippen LogP contribution in [0.15, 0.2) is 64.5 Å². The molecule has 0 spiro atoms. The summed E-state index contributed by atoms with van der Waals surface area (Å²) in [6.07, 6.45) is 4.01. The molecule has 2 heteroatoms. The molecular weight excluding hydrogens is 226 g/mol. The summed E-state index contributed by atoms with van der Waals surface area (Å²) in [5, 5.41) is 0.